The molecule has 3 atom stereocenters. The van der Waals surface area contributed by atoms with E-state index < -0.39 is 17.0 Å². The minimum Gasteiger partial charge on any atom is -0.341 e. The van der Waals surface area contributed by atoms with Crippen molar-refractivity contribution in [1.29, 1.82) is 0 Å². The van der Waals surface area contributed by atoms with Crippen LogP contribution in [0.4, 0.5) is 0 Å². The quantitative estimate of drug-likeness (QED) is 0.794. The van der Waals surface area contributed by atoms with E-state index in [1.54, 1.807) is 20.9 Å². The zero-order valence-corrected chi connectivity index (χ0v) is 11.4. The third kappa shape index (κ3) is 1.30. The number of amides is 2. The molecule has 2 aliphatic heterocycles. The highest BCUT2D eigenvalue weighted by Gasteiger charge is 2.64. The Morgan fingerprint density at radius 1 is 1.44 bits per heavy atom. The van der Waals surface area contributed by atoms with Gasteiger partial charge in [0.25, 0.3) is 0 Å². The van der Waals surface area contributed by atoms with Crippen LogP contribution in [0.25, 0.3) is 0 Å². The maximum atomic E-state index is 12.3. The van der Waals surface area contributed by atoms with Crippen molar-refractivity contribution in [2.75, 3.05) is 7.05 Å². The normalized spacial score (nSPS) is 38.9. The number of likely N-dealkylation sites (N-methyl/N-ethyl adjacent to an activating group) is 1. The lowest BCUT2D eigenvalue weighted by atomic mass is 9.70. The third-order valence-electron chi connectivity index (χ3n) is 4.77. The van der Waals surface area contributed by atoms with Crippen LogP contribution < -0.4 is 5.32 Å². The number of Topliss-reactive ketones (excluding diaryl/α,β-unsaturated/α-hetero) is 1. The molecule has 1 N–H and O–H groups in total. The predicted octanol–water partition coefficient (Wildman–Crippen LogP) is 0.481. The summed E-state index contributed by atoms with van der Waals surface area (Å²) in [7, 11) is 1.64. The molecule has 0 aromatic carbocycles. The Balaban J connectivity index is 2.52. The Morgan fingerprint density at radius 3 is 2.56 bits per heavy atom. The molecule has 2 heterocycles. The number of piperidine rings is 1. The first-order chi connectivity index (χ1) is 8.33. The minimum atomic E-state index is -0.993. The van der Waals surface area contributed by atoms with Crippen LogP contribution >= 0.6 is 0 Å². The molecule has 3 unspecified atom stereocenters. The fourth-order valence-electron chi connectivity index (χ4n) is 3.26. The SMILES string of the molecule is CCC(=O)C1(CC)NC(=O)C2(C)CC1C(=O)N2C. The molecule has 5 heteroatoms. The summed E-state index contributed by atoms with van der Waals surface area (Å²) < 4.78 is 0. The van der Waals surface area contributed by atoms with Crippen LogP contribution in [0, 0.1) is 5.92 Å². The molecule has 0 radical (unpaired) electrons. The van der Waals surface area contributed by atoms with E-state index in [4.69, 9.17) is 0 Å². The first-order valence-electron chi connectivity index (χ1n) is 6.47. The summed E-state index contributed by atoms with van der Waals surface area (Å²) in [6, 6.07) is 0. The molecule has 0 saturated carbocycles. The van der Waals surface area contributed by atoms with Crippen LogP contribution in [-0.2, 0) is 14.4 Å². The van der Waals surface area contributed by atoms with Crippen LogP contribution in [0.1, 0.15) is 40.0 Å². The van der Waals surface area contributed by atoms with Crippen molar-refractivity contribution >= 4 is 17.6 Å². The summed E-state index contributed by atoms with van der Waals surface area (Å²) in [6.45, 7) is 5.38. The number of likely N-dealkylation sites (tertiary alicyclic amines) is 1. The highest BCUT2D eigenvalue weighted by Crippen LogP contribution is 2.45. The van der Waals surface area contributed by atoms with E-state index in [1.165, 1.54) is 4.90 Å². The molecule has 2 bridgehead atoms. The molecule has 2 saturated heterocycles. The topological polar surface area (TPSA) is 66.5 Å². The number of hydrogen-bond donors (Lipinski definition) is 1. The van der Waals surface area contributed by atoms with Gasteiger partial charge in [0, 0.05) is 13.5 Å². The van der Waals surface area contributed by atoms with Gasteiger partial charge in [-0.05, 0) is 19.8 Å². The highest BCUT2D eigenvalue weighted by molar-refractivity contribution is 6.06. The summed E-state index contributed by atoms with van der Waals surface area (Å²) in [5.41, 5.74) is -1.79. The van der Waals surface area contributed by atoms with Crippen LogP contribution in [-0.4, -0.2) is 40.6 Å². The number of rotatable bonds is 3. The van der Waals surface area contributed by atoms with Crippen LogP contribution in [0.2, 0.25) is 0 Å². The van der Waals surface area contributed by atoms with E-state index in [2.05, 4.69) is 5.32 Å². The lowest BCUT2D eigenvalue weighted by Crippen LogP contribution is -2.66. The average molecular weight is 252 g/mol. The van der Waals surface area contributed by atoms with Crippen molar-refractivity contribution in [3.8, 4) is 0 Å². The summed E-state index contributed by atoms with van der Waals surface area (Å²) in [4.78, 5) is 38.3. The average Bonchev–Trinajstić information content (AvgIpc) is 2.58. The molecular weight excluding hydrogens is 232 g/mol. The molecular formula is C13H20N2O3. The smallest absolute Gasteiger partial charge is 0.246 e. The Kier molecular flexibility index (Phi) is 2.76. The standard InChI is InChI=1S/C13H20N2O3/c1-5-9(16)13(6-2)8-7-12(3,11(18)14-13)15(4)10(8)17/h8H,5-7H2,1-4H3,(H,14,18). The molecule has 0 aliphatic carbocycles. The maximum absolute atomic E-state index is 12.3. The Morgan fingerprint density at radius 2 is 2.06 bits per heavy atom. The fraction of sp³-hybridized carbons (Fsp3) is 0.769. The van der Waals surface area contributed by atoms with Gasteiger partial charge < -0.3 is 10.2 Å². The zero-order chi connectivity index (χ0) is 13.7. The van der Waals surface area contributed by atoms with Crippen LogP contribution in [0.3, 0.4) is 0 Å². The van der Waals surface area contributed by atoms with Gasteiger partial charge in [-0.2, -0.15) is 0 Å². The Hall–Kier alpha value is -1.39. The molecule has 2 rings (SSSR count). The van der Waals surface area contributed by atoms with Gasteiger partial charge >= 0.3 is 0 Å². The monoisotopic (exact) mass is 252 g/mol. The molecule has 2 fully saturated rings. The summed E-state index contributed by atoms with van der Waals surface area (Å²) in [5.74, 6) is -0.771. The second-order valence-electron chi connectivity index (χ2n) is 5.48. The van der Waals surface area contributed by atoms with Crippen molar-refractivity contribution in [3.63, 3.8) is 0 Å². The number of ketones is 1. The number of nitrogens with one attached hydrogen (secondary N) is 1. The van der Waals surface area contributed by atoms with Gasteiger partial charge in [0.1, 0.15) is 11.1 Å². The number of carbonyl (C=O) groups excluding carboxylic acids is 3. The van der Waals surface area contributed by atoms with Gasteiger partial charge in [-0.15, -0.1) is 0 Å². The van der Waals surface area contributed by atoms with Gasteiger partial charge in [0.15, 0.2) is 5.78 Å². The van der Waals surface area contributed by atoms with E-state index in [-0.39, 0.29) is 17.6 Å². The lowest BCUT2D eigenvalue weighted by molar-refractivity contribution is -0.141. The molecule has 0 aromatic rings. The van der Waals surface area contributed by atoms with E-state index in [0.29, 0.717) is 19.3 Å². The van der Waals surface area contributed by atoms with Crippen molar-refractivity contribution in [3.05, 3.63) is 0 Å². The highest BCUT2D eigenvalue weighted by atomic mass is 16.2. The molecule has 0 spiro atoms. The summed E-state index contributed by atoms with van der Waals surface area (Å²) in [6.07, 6.45) is 1.23. The molecule has 0 aromatic heterocycles. The molecule has 100 valence electrons. The zero-order valence-electron chi connectivity index (χ0n) is 11.4. The number of nitrogens with zero attached hydrogens (tertiary/aromatic N) is 1. The molecule has 5 nitrogen and oxygen atoms in total. The van der Waals surface area contributed by atoms with Gasteiger partial charge in [-0.25, -0.2) is 0 Å². The fourth-order valence-corrected chi connectivity index (χ4v) is 3.26. The van der Waals surface area contributed by atoms with E-state index in [9.17, 15) is 14.4 Å². The number of hydrogen-bond acceptors (Lipinski definition) is 3. The second-order valence-corrected chi connectivity index (χ2v) is 5.48. The van der Waals surface area contributed by atoms with Crippen molar-refractivity contribution in [2.24, 2.45) is 5.92 Å². The van der Waals surface area contributed by atoms with Crippen LogP contribution in [0.15, 0.2) is 0 Å². The molecule has 18 heavy (non-hydrogen) atoms. The summed E-state index contributed by atoms with van der Waals surface area (Å²) >= 11 is 0. The lowest BCUT2D eigenvalue weighted by Gasteiger charge is -2.42. The van der Waals surface area contributed by atoms with Crippen molar-refractivity contribution < 1.29 is 14.4 Å². The van der Waals surface area contributed by atoms with Gasteiger partial charge in [-0.3, -0.25) is 14.4 Å². The van der Waals surface area contributed by atoms with Crippen molar-refractivity contribution in [2.45, 2.75) is 51.1 Å². The molecule has 2 aliphatic rings. The largest absolute Gasteiger partial charge is 0.341 e. The van der Waals surface area contributed by atoms with Crippen molar-refractivity contribution in [1.82, 2.24) is 10.2 Å². The predicted molar refractivity (Wildman–Crippen MR) is 65.7 cm³/mol. The molecule has 2 amide bonds. The van der Waals surface area contributed by atoms with E-state index in [0.717, 1.165) is 0 Å². The Labute approximate surface area is 107 Å². The first kappa shape index (κ1) is 13.1. The third-order valence-corrected chi connectivity index (χ3v) is 4.77. The van der Waals surface area contributed by atoms with Gasteiger partial charge in [0.05, 0.1) is 5.92 Å². The minimum absolute atomic E-state index is 0.0472. The van der Waals surface area contributed by atoms with Gasteiger partial charge in [0.2, 0.25) is 11.8 Å². The second kappa shape index (κ2) is 3.80. The first-order valence-corrected chi connectivity index (χ1v) is 6.47. The van der Waals surface area contributed by atoms with E-state index in [1.807, 2.05) is 6.92 Å². The maximum Gasteiger partial charge on any atom is 0.246 e. The number of carbonyl (C=O) groups is 3. The van der Waals surface area contributed by atoms with Gasteiger partial charge in [-0.1, -0.05) is 13.8 Å². The number of fused-ring (bicyclic) bond motifs is 2. The Bertz CT molecular complexity index is 432. The van der Waals surface area contributed by atoms with E-state index >= 15 is 0 Å². The summed E-state index contributed by atoms with van der Waals surface area (Å²) in [5, 5.41) is 2.84. The van der Waals surface area contributed by atoms with Crippen LogP contribution in [0.5, 0.6) is 0 Å².